The van der Waals surface area contributed by atoms with Crippen molar-refractivity contribution in [1.29, 1.82) is 0 Å². The van der Waals surface area contributed by atoms with Gasteiger partial charge in [-0.3, -0.25) is 4.79 Å². The standard InChI is InChI=1S/C16H18ClNOSSi/c1-16(2,3)21(4,5)13-12-10-7-6-9(17)8-11(10)18-14(12)20-15(13)19/h6-8H,1-5H3. The topological polar surface area (TPSA) is 29.4 Å². The van der Waals surface area contributed by atoms with Crippen LogP contribution in [0, 0.1) is 0 Å². The van der Waals surface area contributed by atoms with E-state index in [0.717, 1.165) is 27.1 Å². The molecule has 2 aliphatic heterocycles. The zero-order valence-electron chi connectivity index (χ0n) is 12.9. The highest BCUT2D eigenvalue weighted by Gasteiger charge is 2.48. The van der Waals surface area contributed by atoms with E-state index in [1.165, 1.54) is 11.8 Å². The van der Waals surface area contributed by atoms with Crippen molar-refractivity contribution >= 4 is 52.9 Å². The third-order valence-electron chi connectivity index (χ3n) is 4.81. The summed E-state index contributed by atoms with van der Waals surface area (Å²) in [5.74, 6) is 0. The lowest BCUT2D eigenvalue weighted by atomic mass is 10.1. The Morgan fingerprint density at radius 1 is 1.24 bits per heavy atom. The number of benzene rings is 1. The van der Waals surface area contributed by atoms with Crippen molar-refractivity contribution in [3.8, 4) is 0 Å². The number of halogens is 1. The molecule has 1 aromatic rings. The van der Waals surface area contributed by atoms with Crippen LogP contribution < -0.4 is 0 Å². The van der Waals surface area contributed by atoms with E-state index >= 15 is 0 Å². The van der Waals surface area contributed by atoms with Crippen molar-refractivity contribution in [2.75, 3.05) is 0 Å². The average Bonchev–Trinajstić information content (AvgIpc) is 2.80. The summed E-state index contributed by atoms with van der Waals surface area (Å²) in [7, 11) is -1.91. The first kappa shape index (κ1) is 15.1. The first-order valence-corrected chi connectivity index (χ1v) is 11.2. The minimum absolute atomic E-state index is 0.121. The SMILES string of the molecule is CC(C)(C)[Si](C)(C)C1=C2C(=Nc3cc(Cl)ccc32)SC1=O. The molecule has 0 N–H and O–H groups in total. The van der Waals surface area contributed by atoms with E-state index in [1.54, 1.807) is 0 Å². The van der Waals surface area contributed by atoms with Gasteiger partial charge in [0, 0.05) is 21.4 Å². The smallest absolute Gasteiger partial charge is 0.218 e. The number of fused-ring (bicyclic) bond motifs is 3. The van der Waals surface area contributed by atoms with Gasteiger partial charge in [0.2, 0.25) is 5.12 Å². The van der Waals surface area contributed by atoms with Crippen molar-refractivity contribution < 1.29 is 4.79 Å². The third-order valence-corrected chi connectivity index (χ3v) is 11.6. The molecule has 0 aliphatic carbocycles. The predicted octanol–water partition coefficient (Wildman–Crippen LogP) is 5.46. The summed E-state index contributed by atoms with van der Waals surface area (Å²) in [4.78, 5) is 17.2. The van der Waals surface area contributed by atoms with Crippen LogP contribution in [0.5, 0.6) is 0 Å². The zero-order chi connectivity index (χ0) is 15.6. The second-order valence-corrected chi connectivity index (χ2v) is 13.7. The monoisotopic (exact) mass is 335 g/mol. The fraction of sp³-hybridized carbons (Fsp3) is 0.375. The molecule has 0 radical (unpaired) electrons. The first-order chi connectivity index (χ1) is 9.63. The molecule has 0 saturated heterocycles. The van der Waals surface area contributed by atoms with E-state index in [4.69, 9.17) is 11.6 Å². The number of carbonyl (C=O) groups is 1. The molecule has 0 amide bonds. The maximum absolute atomic E-state index is 12.6. The number of nitrogens with zero attached hydrogens (tertiary/aromatic N) is 1. The minimum Gasteiger partial charge on any atom is -0.282 e. The molecular weight excluding hydrogens is 318 g/mol. The Kier molecular flexibility index (Phi) is 3.28. The Labute approximate surface area is 135 Å². The lowest BCUT2D eigenvalue weighted by Gasteiger charge is -2.37. The van der Waals surface area contributed by atoms with Crippen LogP contribution in [-0.2, 0) is 4.79 Å². The van der Waals surface area contributed by atoms with Crippen molar-refractivity contribution in [2.45, 2.75) is 38.9 Å². The normalized spacial score (nSPS) is 18.0. The molecule has 0 unspecified atom stereocenters. The van der Waals surface area contributed by atoms with E-state index in [1.807, 2.05) is 18.2 Å². The molecule has 5 heteroatoms. The summed E-state index contributed by atoms with van der Waals surface area (Å²) in [5, 5.41) is 2.88. The van der Waals surface area contributed by atoms with Crippen molar-refractivity contribution in [2.24, 2.45) is 4.99 Å². The van der Waals surface area contributed by atoms with Crippen molar-refractivity contribution in [1.82, 2.24) is 0 Å². The number of hydrogen-bond acceptors (Lipinski definition) is 3. The van der Waals surface area contributed by atoms with Gasteiger partial charge < -0.3 is 0 Å². The summed E-state index contributed by atoms with van der Waals surface area (Å²) in [6, 6.07) is 5.75. The minimum atomic E-state index is -1.91. The average molecular weight is 336 g/mol. The van der Waals surface area contributed by atoms with Gasteiger partial charge in [-0.15, -0.1) is 0 Å². The number of aliphatic imine (C=N–C) groups is 1. The van der Waals surface area contributed by atoms with E-state index in [0.29, 0.717) is 5.02 Å². The molecule has 21 heavy (non-hydrogen) atoms. The van der Waals surface area contributed by atoms with Crippen molar-refractivity contribution in [3.63, 3.8) is 0 Å². The summed E-state index contributed by atoms with van der Waals surface area (Å²) in [5.41, 5.74) is 3.03. The number of hydrogen-bond donors (Lipinski definition) is 0. The van der Waals surface area contributed by atoms with Gasteiger partial charge in [0.05, 0.1) is 13.8 Å². The quantitative estimate of drug-likeness (QED) is 0.638. The summed E-state index contributed by atoms with van der Waals surface area (Å²) < 4.78 is 0. The highest BCUT2D eigenvalue weighted by Crippen LogP contribution is 2.53. The Hall–Kier alpha value is -0.843. The number of rotatable bonds is 1. The second kappa shape index (κ2) is 4.57. The van der Waals surface area contributed by atoms with E-state index in [2.05, 4.69) is 38.9 Å². The molecule has 0 saturated carbocycles. The number of carbonyl (C=O) groups excluding carboxylic acids is 1. The molecule has 0 fully saturated rings. The van der Waals surface area contributed by atoms with Crippen LogP contribution in [0.15, 0.2) is 28.4 Å². The van der Waals surface area contributed by atoms with Gasteiger partial charge >= 0.3 is 0 Å². The highest BCUT2D eigenvalue weighted by molar-refractivity contribution is 8.28. The van der Waals surface area contributed by atoms with Crippen LogP contribution >= 0.6 is 23.4 Å². The van der Waals surface area contributed by atoms with Crippen LogP contribution in [0.2, 0.25) is 23.2 Å². The lowest BCUT2D eigenvalue weighted by Crippen LogP contribution is -2.41. The second-order valence-electron chi connectivity index (χ2n) is 7.09. The molecule has 2 aliphatic rings. The van der Waals surface area contributed by atoms with Gasteiger partial charge in [-0.1, -0.05) is 51.5 Å². The maximum atomic E-state index is 12.6. The molecule has 0 atom stereocenters. The van der Waals surface area contributed by atoms with E-state index in [-0.39, 0.29) is 10.2 Å². The first-order valence-electron chi connectivity index (χ1n) is 6.99. The molecule has 110 valence electrons. The van der Waals surface area contributed by atoms with E-state index in [9.17, 15) is 4.79 Å². The van der Waals surface area contributed by atoms with Gasteiger partial charge in [-0.05, 0) is 28.9 Å². The third kappa shape index (κ3) is 2.15. The van der Waals surface area contributed by atoms with Gasteiger partial charge in [0.15, 0.2) is 0 Å². The van der Waals surface area contributed by atoms with Crippen LogP contribution in [0.1, 0.15) is 26.3 Å². The summed E-state index contributed by atoms with van der Waals surface area (Å²) >= 11 is 7.34. The molecular formula is C16H18ClNOSSi. The fourth-order valence-electron chi connectivity index (χ4n) is 2.59. The largest absolute Gasteiger partial charge is 0.282 e. The molecule has 2 nitrogen and oxygen atoms in total. The van der Waals surface area contributed by atoms with Crippen LogP contribution in [0.4, 0.5) is 5.69 Å². The zero-order valence-corrected chi connectivity index (χ0v) is 15.4. The van der Waals surface area contributed by atoms with Gasteiger partial charge in [-0.25, -0.2) is 4.99 Å². The predicted molar refractivity (Wildman–Crippen MR) is 95.3 cm³/mol. The van der Waals surface area contributed by atoms with Crippen LogP contribution in [-0.4, -0.2) is 18.2 Å². The Bertz CT molecular complexity index is 728. The van der Waals surface area contributed by atoms with Crippen molar-refractivity contribution in [3.05, 3.63) is 34.0 Å². The lowest BCUT2D eigenvalue weighted by molar-refractivity contribution is -0.107. The van der Waals surface area contributed by atoms with E-state index < -0.39 is 8.07 Å². The Morgan fingerprint density at radius 2 is 1.90 bits per heavy atom. The molecule has 0 spiro atoms. The molecule has 2 heterocycles. The molecule has 0 bridgehead atoms. The fourth-order valence-corrected chi connectivity index (χ4v) is 6.74. The highest BCUT2D eigenvalue weighted by atomic mass is 35.5. The molecule has 3 rings (SSSR count). The van der Waals surface area contributed by atoms with Crippen LogP contribution in [0.25, 0.3) is 5.57 Å². The summed E-state index contributed by atoms with van der Waals surface area (Å²) in [6.45, 7) is 11.3. The number of thioether (sulfide) groups is 1. The van der Waals surface area contributed by atoms with Crippen LogP contribution in [0.3, 0.4) is 0 Å². The Balaban J connectivity index is 2.27. The van der Waals surface area contributed by atoms with Gasteiger partial charge in [-0.2, -0.15) is 0 Å². The Morgan fingerprint density at radius 3 is 2.52 bits per heavy atom. The summed E-state index contributed by atoms with van der Waals surface area (Å²) in [6.07, 6.45) is 0. The maximum Gasteiger partial charge on any atom is 0.218 e. The van der Waals surface area contributed by atoms with Gasteiger partial charge in [0.25, 0.3) is 0 Å². The molecule has 1 aromatic carbocycles. The molecule has 0 aromatic heterocycles. The van der Waals surface area contributed by atoms with Gasteiger partial charge in [0.1, 0.15) is 5.04 Å².